The van der Waals surface area contributed by atoms with Gasteiger partial charge in [-0.1, -0.05) is 22.2 Å². The average Bonchev–Trinajstić information content (AvgIpc) is 2.77. The molecule has 1 aromatic heterocycles. The summed E-state index contributed by atoms with van der Waals surface area (Å²) in [7, 11) is 2.09. The van der Waals surface area contributed by atoms with Crippen molar-refractivity contribution in [1.29, 1.82) is 0 Å². The Morgan fingerprint density at radius 2 is 2.11 bits per heavy atom. The molecule has 0 amide bonds. The number of aromatic nitrogens is 2. The summed E-state index contributed by atoms with van der Waals surface area (Å²) in [6.07, 6.45) is 0. The second-order valence-corrected chi connectivity index (χ2v) is 5.48. The predicted molar refractivity (Wildman–Crippen MR) is 82.1 cm³/mol. The largest absolute Gasteiger partial charge is 0.374 e. The monoisotopic (exact) mass is 276 g/mol. The Morgan fingerprint density at radius 1 is 1.32 bits per heavy atom. The van der Waals surface area contributed by atoms with Gasteiger partial charge in [0, 0.05) is 30.8 Å². The van der Waals surface area contributed by atoms with Gasteiger partial charge in [0.2, 0.25) is 0 Å². The van der Waals surface area contributed by atoms with Gasteiger partial charge in [-0.05, 0) is 32.4 Å². The topological polar surface area (TPSA) is 41.1 Å². The lowest BCUT2D eigenvalue weighted by Crippen LogP contribution is -2.18. The van der Waals surface area contributed by atoms with Crippen molar-refractivity contribution in [3.8, 4) is 0 Å². The molecular weight excluding hydrogens is 256 g/mol. The second kappa shape index (κ2) is 6.02. The molecule has 0 fully saturated rings. The van der Waals surface area contributed by atoms with Crippen LogP contribution < -0.4 is 10.2 Å². The Hall–Kier alpha value is -1.62. The summed E-state index contributed by atoms with van der Waals surface area (Å²) in [5.74, 6) is 0. The minimum absolute atomic E-state index is 0.767. The van der Waals surface area contributed by atoms with Crippen molar-refractivity contribution < 1.29 is 0 Å². The average molecular weight is 276 g/mol. The molecule has 5 heteroatoms. The normalized spacial score (nSPS) is 10.5. The minimum Gasteiger partial charge on any atom is -0.374 e. The van der Waals surface area contributed by atoms with E-state index < -0.39 is 0 Å². The first-order valence-electron chi connectivity index (χ1n) is 6.45. The summed E-state index contributed by atoms with van der Waals surface area (Å²) in [6.45, 7) is 8.00. The van der Waals surface area contributed by atoms with Gasteiger partial charge in [0.05, 0.1) is 6.54 Å². The molecule has 0 aliphatic carbocycles. The molecule has 2 aromatic rings. The molecular formula is C14H20N4S. The molecule has 4 nitrogen and oxygen atoms in total. The molecule has 0 aliphatic heterocycles. The van der Waals surface area contributed by atoms with Crippen LogP contribution in [0, 0.1) is 13.8 Å². The highest BCUT2D eigenvalue weighted by atomic mass is 32.1. The summed E-state index contributed by atoms with van der Waals surface area (Å²) < 4.78 is 4.03. The van der Waals surface area contributed by atoms with Crippen LogP contribution in [0.1, 0.15) is 23.7 Å². The van der Waals surface area contributed by atoms with Crippen LogP contribution in [0.2, 0.25) is 0 Å². The fourth-order valence-corrected chi connectivity index (χ4v) is 2.79. The quantitative estimate of drug-likeness (QED) is 0.910. The van der Waals surface area contributed by atoms with Gasteiger partial charge in [-0.3, -0.25) is 0 Å². The molecule has 0 saturated heterocycles. The van der Waals surface area contributed by atoms with Crippen molar-refractivity contribution in [2.24, 2.45) is 0 Å². The maximum absolute atomic E-state index is 4.21. The first-order chi connectivity index (χ1) is 9.11. The van der Waals surface area contributed by atoms with E-state index in [0.29, 0.717) is 0 Å². The van der Waals surface area contributed by atoms with Crippen molar-refractivity contribution in [2.75, 3.05) is 23.8 Å². The molecule has 0 saturated carbocycles. The number of rotatable bonds is 5. The lowest BCUT2D eigenvalue weighted by molar-refractivity contribution is 0.868. The summed E-state index contributed by atoms with van der Waals surface area (Å²) in [4.78, 5) is 2.21. The van der Waals surface area contributed by atoms with Crippen molar-refractivity contribution in [3.63, 3.8) is 0 Å². The van der Waals surface area contributed by atoms with Gasteiger partial charge in [-0.2, -0.15) is 0 Å². The molecule has 102 valence electrons. The van der Waals surface area contributed by atoms with Gasteiger partial charge in [-0.15, -0.1) is 5.10 Å². The van der Waals surface area contributed by atoms with Gasteiger partial charge in [-0.25, -0.2) is 0 Å². The van der Waals surface area contributed by atoms with Crippen molar-refractivity contribution in [2.45, 2.75) is 27.3 Å². The van der Waals surface area contributed by atoms with E-state index >= 15 is 0 Å². The maximum Gasteiger partial charge on any atom is 0.135 e. The van der Waals surface area contributed by atoms with Gasteiger partial charge in [0.25, 0.3) is 0 Å². The first-order valence-corrected chi connectivity index (χ1v) is 7.22. The molecule has 1 heterocycles. The van der Waals surface area contributed by atoms with E-state index in [-0.39, 0.29) is 0 Å². The Morgan fingerprint density at radius 3 is 2.79 bits per heavy atom. The number of nitrogens with one attached hydrogen (secondary N) is 1. The molecule has 1 N–H and O–H groups in total. The SMILES string of the molecule is CCNc1snnc1CN(C)c1ccc(C)cc1C. The maximum atomic E-state index is 4.21. The molecule has 0 radical (unpaired) electrons. The second-order valence-electron chi connectivity index (χ2n) is 4.73. The van der Waals surface area contributed by atoms with Gasteiger partial charge in [0.1, 0.15) is 10.7 Å². The van der Waals surface area contributed by atoms with Crippen molar-refractivity contribution >= 4 is 22.2 Å². The Labute approximate surface area is 118 Å². The van der Waals surface area contributed by atoms with Crippen LogP contribution in [-0.4, -0.2) is 23.2 Å². The van der Waals surface area contributed by atoms with E-state index in [1.54, 1.807) is 0 Å². The zero-order valence-corrected chi connectivity index (χ0v) is 12.7. The van der Waals surface area contributed by atoms with E-state index in [9.17, 15) is 0 Å². The summed E-state index contributed by atoms with van der Waals surface area (Å²) in [5, 5.41) is 8.58. The Balaban J connectivity index is 2.16. The Kier molecular flexibility index (Phi) is 4.37. The number of aryl methyl sites for hydroxylation is 2. The third-order valence-electron chi connectivity index (χ3n) is 3.04. The van der Waals surface area contributed by atoms with Crippen molar-refractivity contribution in [1.82, 2.24) is 9.59 Å². The van der Waals surface area contributed by atoms with Gasteiger partial charge in [0.15, 0.2) is 0 Å². The van der Waals surface area contributed by atoms with Crippen LogP contribution in [0.3, 0.4) is 0 Å². The Bertz CT molecular complexity index is 550. The number of nitrogens with zero attached hydrogens (tertiary/aromatic N) is 3. The van der Waals surface area contributed by atoms with E-state index in [2.05, 4.69) is 65.8 Å². The van der Waals surface area contributed by atoms with Crippen LogP contribution in [0.4, 0.5) is 10.7 Å². The molecule has 0 spiro atoms. The van der Waals surface area contributed by atoms with Crippen LogP contribution >= 0.6 is 11.5 Å². The lowest BCUT2D eigenvalue weighted by Gasteiger charge is -2.21. The molecule has 0 bridgehead atoms. The summed E-state index contributed by atoms with van der Waals surface area (Å²) in [5.41, 5.74) is 4.82. The van der Waals surface area contributed by atoms with Crippen LogP contribution in [-0.2, 0) is 6.54 Å². The minimum atomic E-state index is 0.767. The highest BCUT2D eigenvalue weighted by Crippen LogP contribution is 2.24. The highest BCUT2D eigenvalue weighted by Gasteiger charge is 2.11. The third kappa shape index (κ3) is 3.23. The molecule has 0 unspecified atom stereocenters. The third-order valence-corrected chi connectivity index (χ3v) is 3.77. The zero-order valence-electron chi connectivity index (χ0n) is 11.9. The van der Waals surface area contributed by atoms with Gasteiger partial charge < -0.3 is 10.2 Å². The molecule has 19 heavy (non-hydrogen) atoms. The molecule has 2 rings (SSSR count). The summed E-state index contributed by atoms with van der Waals surface area (Å²) >= 11 is 1.42. The van der Waals surface area contributed by atoms with Crippen LogP contribution in [0.5, 0.6) is 0 Å². The molecule has 1 aromatic carbocycles. The van der Waals surface area contributed by atoms with Crippen LogP contribution in [0.15, 0.2) is 18.2 Å². The molecule has 0 aliphatic rings. The van der Waals surface area contributed by atoms with Gasteiger partial charge >= 0.3 is 0 Å². The lowest BCUT2D eigenvalue weighted by atomic mass is 10.1. The number of hydrogen-bond acceptors (Lipinski definition) is 5. The number of hydrogen-bond donors (Lipinski definition) is 1. The van der Waals surface area contributed by atoms with Crippen LogP contribution in [0.25, 0.3) is 0 Å². The predicted octanol–water partition coefficient (Wildman–Crippen LogP) is 3.22. The van der Waals surface area contributed by atoms with E-state index in [1.807, 2.05) is 0 Å². The fraction of sp³-hybridized carbons (Fsp3) is 0.429. The van der Waals surface area contributed by atoms with E-state index in [1.165, 1.54) is 28.3 Å². The number of benzene rings is 1. The number of anilines is 2. The smallest absolute Gasteiger partial charge is 0.135 e. The van der Waals surface area contributed by atoms with E-state index in [4.69, 9.17) is 0 Å². The summed E-state index contributed by atoms with van der Waals surface area (Å²) in [6, 6.07) is 6.51. The highest BCUT2D eigenvalue weighted by molar-refractivity contribution is 7.10. The van der Waals surface area contributed by atoms with Crippen molar-refractivity contribution in [3.05, 3.63) is 35.0 Å². The fourth-order valence-electron chi connectivity index (χ4n) is 2.15. The van der Waals surface area contributed by atoms with E-state index in [0.717, 1.165) is 23.8 Å². The molecule has 0 atom stereocenters. The standard InChI is InChI=1S/C14H20N4S/c1-5-15-14-12(16-17-19-14)9-18(4)13-7-6-10(2)8-11(13)3/h6-8,15H,5,9H2,1-4H3. The zero-order chi connectivity index (χ0) is 13.8. The first kappa shape index (κ1) is 13.8.